The topological polar surface area (TPSA) is 12.5 Å². The number of halogens is 2. The molecule has 3 aliphatic rings. The van der Waals surface area contributed by atoms with Crippen molar-refractivity contribution in [2.45, 2.75) is 12.2 Å². The molecule has 0 amide bonds. The standard InChI is InChI=1S/C12H6Br2O/c13-5-1-2-6-7(3-5)10-8(6)4-9(14)11-12(10)15-11/h1-4,11-12H. The van der Waals surface area contributed by atoms with Crippen molar-refractivity contribution in [2.24, 2.45) is 0 Å². The summed E-state index contributed by atoms with van der Waals surface area (Å²) in [4.78, 5) is 0. The van der Waals surface area contributed by atoms with Crippen LogP contribution < -0.4 is 0 Å². The fourth-order valence-electron chi connectivity index (χ4n) is 2.43. The zero-order valence-electron chi connectivity index (χ0n) is 7.63. The van der Waals surface area contributed by atoms with E-state index >= 15 is 0 Å². The van der Waals surface area contributed by atoms with Gasteiger partial charge in [-0.25, -0.2) is 0 Å². The molecule has 1 heterocycles. The van der Waals surface area contributed by atoms with Crippen molar-refractivity contribution in [2.75, 3.05) is 0 Å². The summed E-state index contributed by atoms with van der Waals surface area (Å²) in [7, 11) is 0. The lowest BCUT2D eigenvalue weighted by molar-refractivity contribution is 0.416. The van der Waals surface area contributed by atoms with Gasteiger partial charge in [0.05, 0.1) is 0 Å². The first kappa shape index (κ1) is 8.74. The summed E-state index contributed by atoms with van der Waals surface area (Å²) in [6, 6.07) is 6.43. The fourth-order valence-corrected chi connectivity index (χ4v) is 3.36. The molecule has 0 aromatic heterocycles. The minimum atomic E-state index is 0.288. The van der Waals surface area contributed by atoms with E-state index in [1.807, 2.05) is 0 Å². The van der Waals surface area contributed by atoms with Gasteiger partial charge in [0.2, 0.25) is 0 Å². The molecule has 1 fully saturated rings. The maximum atomic E-state index is 5.63. The van der Waals surface area contributed by atoms with E-state index < -0.39 is 0 Å². The zero-order chi connectivity index (χ0) is 10.2. The Morgan fingerprint density at radius 2 is 1.93 bits per heavy atom. The van der Waals surface area contributed by atoms with Crippen molar-refractivity contribution >= 4 is 43.0 Å². The van der Waals surface area contributed by atoms with E-state index in [-0.39, 0.29) is 6.10 Å². The van der Waals surface area contributed by atoms with Crippen LogP contribution in [0.3, 0.4) is 0 Å². The van der Waals surface area contributed by atoms with Gasteiger partial charge in [0.25, 0.3) is 0 Å². The first-order valence-corrected chi connectivity index (χ1v) is 6.41. The van der Waals surface area contributed by atoms with Crippen LogP contribution in [0.1, 0.15) is 11.1 Å². The second-order valence-corrected chi connectivity index (χ2v) is 5.86. The summed E-state index contributed by atoms with van der Waals surface area (Å²) in [5.74, 6) is 0. The molecule has 2 atom stereocenters. The van der Waals surface area contributed by atoms with Crippen LogP contribution in [0.25, 0.3) is 11.1 Å². The van der Waals surface area contributed by atoms with Gasteiger partial charge in [-0.1, -0.05) is 37.9 Å². The normalized spacial score (nSPS) is 29.9. The maximum absolute atomic E-state index is 5.63. The molecule has 3 heteroatoms. The highest BCUT2D eigenvalue weighted by Gasteiger charge is 2.51. The van der Waals surface area contributed by atoms with Crippen molar-refractivity contribution in [1.29, 1.82) is 0 Å². The van der Waals surface area contributed by atoms with Gasteiger partial charge in [-0.3, -0.25) is 0 Å². The molecule has 15 heavy (non-hydrogen) atoms. The van der Waals surface area contributed by atoms with Crippen LogP contribution in [0, 0.1) is 0 Å². The third-order valence-corrected chi connectivity index (χ3v) is 4.36. The molecule has 1 nitrogen and oxygen atoms in total. The third kappa shape index (κ3) is 1.01. The molecule has 2 aliphatic carbocycles. The Labute approximate surface area is 104 Å². The van der Waals surface area contributed by atoms with Gasteiger partial charge in [-0.05, 0) is 40.5 Å². The lowest BCUT2D eigenvalue weighted by Gasteiger charge is -2.27. The smallest absolute Gasteiger partial charge is 0.120 e. The number of fused-ring (bicyclic) bond motifs is 5. The van der Waals surface area contributed by atoms with Crippen LogP contribution >= 0.6 is 31.9 Å². The van der Waals surface area contributed by atoms with E-state index in [0.29, 0.717) is 6.10 Å². The van der Waals surface area contributed by atoms with Crippen molar-refractivity contribution in [3.63, 3.8) is 0 Å². The largest absolute Gasteiger partial charge is 0.359 e. The number of rotatable bonds is 0. The van der Waals surface area contributed by atoms with E-state index in [4.69, 9.17) is 4.74 Å². The molecule has 2 unspecified atom stereocenters. The molecule has 0 radical (unpaired) electrons. The van der Waals surface area contributed by atoms with Crippen molar-refractivity contribution in [3.05, 3.63) is 44.4 Å². The molecule has 1 aromatic carbocycles. The SMILES string of the molecule is BrC1=CC2=C(c3cc(Br)ccc32)C2OC12. The molecule has 1 saturated heterocycles. The quantitative estimate of drug-likeness (QED) is 0.662. The Morgan fingerprint density at radius 1 is 1.07 bits per heavy atom. The second kappa shape index (κ2) is 2.65. The first-order valence-electron chi connectivity index (χ1n) is 4.83. The number of hydrogen-bond donors (Lipinski definition) is 0. The fraction of sp³-hybridized carbons (Fsp3) is 0.167. The molecule has 0 bridgehead atoms. The van der Waals surface area contributed by atoms with Gasteiger partial charge in [0.1, 0.15) is 12.2 Å². The van der Waals surface area contributed by atoms with Gasteiger partial charge >= 0.3 is 0 Å². The minimum absolute atomic E-state index is 0.288. The summed E-state index contributed by atoms with van der Waals surface area (Å²) in [6.07, 6.45) is 2.79. The molecule has 0 spiro atoms. The van der Waals surface area contributed by atoms with E-state index in [2.05, 4.69) is 56.1 Å². The zero-order valence-corrected chi connectivity index (χ0v) is 10.8. The van der Waals surface area contributed by atoms with Gasteiger partial charge in [-0.2, -0.15) is 0 Å². The number of allylic oxidation sites excluding steroid dienone is 2. The van der Waals surface area contributed by atoms with Crippen LogP contribution in [-0.4, -0.2) is 12.2 Å². The Morgan fingerprint density at radius 3 is 2.80 bits per heavy atom. The first-order chi connectivity index (χ1) is 7.25. The van der Waals surface area contributed by atoms with E-state index in [1.54, 1.807) is 0 Å². The van der Waals surface area contributed by atoms with Gasteiger partial charge in [-0.15, -0.1) is 0 Å². The second-order valence-electron chi connectivity index (χ2n) is 4.02. The molecular weight excluding hydrogens is 320 g/mol. The highest BCUT2D eigenvalue weighted by molar-refractivity contribution is 9.11. The van der Waals surface area contributed by atoms with Gasteiger partial charge < -0.3 is 4.74 Å². The summed E-state index contributed by atoms with van der Waals surface area (Å²) in [5.41, 5.74) is 5.44. The number of hydrogen-bond acceptors (Lipinski definition) is 1. The van der Waals surface area contributed by atoms with Crippen LogP contribution in [-0.2, 0) is 4.74 Å². The highest BCUT2D eigenvalue weighted by atomic mass is 79.9. The lowest BCUT2D eigenvalue weighted by atomic mass is 9.76. The number of ether oxygens (including phenoxy) is 1. The van der Waals surface area contributed by atoms with Crippen molar-refractivity contribution in [1.82, 2.24) is 0 Å². The predicted molar refractivity (Wildman–Crippen MR) is 66.6 cm³/mol. The Balaban J connectivity index is 1.93. The summed E-state index contributed by atoms with van der Waals surface area (Å²) < 4.78 is 7.95. The van der Waals surface area contributed by atoms with E-state index in [9.17, 15) is 0 Å². The van der Waals surface area contributed by atoms with Crippen LogP contribution in [0.15, 0.2) is 33.2 Å². The summed E-state index contributed by atoms with van der Waals surface area (Å²) in [5, 5.41) is 0. The summed E-state index contributed by atoms with van der Waals surface area (Å²) in [6.45, 7) is 0. The molecule has 4 rings (SSSR count). The van der Waals surface area contributed by atoms with Crippen LogP contribution in [0.2, 0.25) is 0 Å². The monoisotopic (exact) mass is 324 g/mol. The van der Waals surface area contributed by atoms with E-state index in [1.165, 1.54) is 26.8 Å². The number of benzene rings is 1. The van der Waals surface area contributed by atoms with E-state index in [0.717, 1.165) is 4.47 Å². The Bertz CT molecular complexity index is 557. The van der Waals surface area contributed by atoms with Crippen LogP contribution in [0.5, 0.6) is 0 Å². The van der Waals surface area contributed by atoms with Crippen molar-refractivity contribution < 1.29 is 4.74 Å². The summed E-state index contributed by atoms with van der Waals surface area (Å²) >= 11 is 7.06. The lowest BCUT2D eigenvalue weighted by Crippen LogP contribution is -2.15. The van der Waals surface area contributed by atoms with Gasteiger partial charge in [0, 0.05) is 8.96 Å². The third-order valence-electron chi connectivity index (χ3n) is 3.18. The molecule has 0 N–H and O–H groups in total. The minimum Gasteiger partial charge on any atom is -0.359 e. The molecule has 74 valence electrons. The predicted octanol–water partition coefficient (Wildman–Crippen LogP) is 3.73. The highest BCUT2D eigenvalue weighted by Crippen LogP contribution is 2.56. The molecule has 1 aliphatic heterocycles. The number of epoxide rings is 1. The average molecular weight is 326 g/mol. The maximum Gasteiger partial charge on any atom is 0.120 e. The molecular formula is C12H6Br2O. The Kier molecular flexibility index (Phi) is 1.54. The van der Waals surface area contributed by atoms with Crippen molar-refractivity contribution in [3.8, 4) is 0 Å². The van der Waals surface area contributed by atoms with Crippen LogP contribution in [0.4, 0.5) is 0 Å². The Hall–Kier alpha value is -0.380. The average Bonchev–Trinajstić information content (AvgIpc) is 2.95. The molecule has 0 saturated carbocycles. The van der Waals surface area contributed by atoms with Gasteiger partial charge in [0.15, 0.2) is 0 Å². The molecule has 1 aromatic rings.